The zero-order valence-electron chi connectivity index (χ0n) is 20.4. The normalized spacial score (nSPS) is 61.0. The van der Waals surface area contributed by atoms with Crippen molar-refractivity contribution < 1.29 is 9.84 Å². The molecular weight excluding hydrogens is 441 g/mol. The van der Waals surface area contributed by atoms with E-state index in [2.05, 4.69) is 33.0 Å². The second-order valence-electron chi connectivity index (χ2n) is 13.5. The molecule has 3 nitrogen and oxygen atoms in total. The molecule has 0 aromatic carbocycles. The fraction of sp³-hybridized carbons (Fsp3) is 1.00. The average molecular weight is 485 g/mol. The van der Waals surface area contributed by atoms with Crippen LogP contribution in [0.15, 0.2) is 0 Å². The highest BCUT2D eigenvalue weighted by molar-refractivity contribution is 6.49. The molecule has 0 bridgehead atoms. The van der Waals surface area contributed by atoms with Gasteiger partial charge in [0.25, 0.3) is 0 Å². The Balaban J connectivity index is 1.28. The van der Waals surface area contributed by atoms with E-state index in [1.165, 1.54) is 38.5 Å². The van der Waals surface area contributed by atoms with Crippen LogP contribution >= 0.6 is 23.2 Å². The van der Waals surface area contributed by atoms with E-state index in [1.54, 1.807) is 0 Å². The molecule has 0 aromatic rings. The van der Waals surface area contributed by atoms with Crippen molar-refractivity contribution in [3.8, 4) is 0 Å². The minimum absolute atomic E-state index is 0.0631. The number of nitrogens with one attached hydrogen (secondary N) is 1. The van der Waals surface area contributed by atoms with E-state index < -0.39 is 10.1 Å². The van der Waals surface area contributed by atoms with Crippen molar-refractivity contribution in [3.63, 3.8) is 0 Å². The Hall–Kier alpha value is 0.460. The number of aliphatic hydroxyl groups is 1. The number of ether oxygens (including phenoxy) is 1. The molecule has 6 fully saturated rings. The fourth-order valence-corrected chi connectivity index (χ4v) is 11.7. The summed E-state index contributed by atoms with van der Waals surface area (Å²) in [5.41, 5.74) is 0.143. The van der Waals surface area contributed by atoms with E-state index in [1.807, 2.05) is 0 Å². The van der Waals surface area contributed by atoms with Gasteiger partial charge in [-0.2, -0.15) is 0 Å². The highest BCUT2D eigenvalue weighted by atomic mass is 35.5. The third-order valence-corrected chi connectivity index (χ3v) is 13.0. The van der Waals surface area contributed by atoms with Crippen LogP contribution in [0.4, 0.5) is 0 Å². The highest BCUT2D eigenvalue weighted by Crippen LogP contribution is 2.72. The molecule has 0 aromatic heterocycles. The smallest absolute Gasteiger partial charge is 0.160 e. The highest BCUT2D eigenvalue weighted by Gasteiger charge is 2.72. The van der Waals surface area contributed by atoms with Crippen LogP contribution in [0.2, 0.25) is 0 Å². The first-order valence-corrected chi connectivity index (χ1v) is 14.3. The van der Waals surface area contributed by atoms with Gasteiger partial charge in [-0.15, -0.1) is 0 Å². The molecule has 0 unspecified atom stereocenters. The lowest BCUT2D eigenvalue weighted by Crippen LogP contribution is -2.66. The Labute approximate surface area is 204 Å². The molecule has 32 heavy (non-hydrogen) atoms. The number of halogens is 2. The van der Waals surface area contributed by atoms with Crippen LogP contribution < -0.4 is 5.32 Å². The van der Waals surface area contributed by atoms with E-state index in [-0.39, 0.29) is 12.2 Å². The van der Waals surface area contributed by atoms with Crippen molar-refractivity contribution in [3.05, 3.63) is 0 Å². The van der Waals surface area contributed by atoms with Crippen molar-refractivity contribution in [2.75, 3.05) is 6.54 Å². The lowest BCUT2D eigenvalue weighted by atomic mass is 9.44. The van der Waals surface area contributed by atoms with Crippen molar-refractivity contribution in [1.29, 1.82) is 0 Å². The molecule has 182 valence electrons. The lowest BCUT2D eigenvalue weighted by molar-refractivity contribution is -0.142. The van der Waals surface area contributed by atoms with Crippen molar-refractivity contribution in [1.82, 2.24) is 5.32 Å². The summed E-state index contributed by atoms with van der Waals surface area (Å²) in [6.07, 6.45) is 10.8. The van der Waals surface area contributed by atoms with Crippen LogP contribution in [0.3, 0.4) is 0 Å². The molecule has 4 aliphatic carbocycles. The minimum Gasteiger partial charge on any atom is -0.393 e. The number of piperidine rings is 1. The first-order valence-electron chi connectivity index (χ1n) is 13.5. The number of hydrogen-bond acceptors (Lipinski definition) is 3. The second-order valence-corrected chi connectivity index (χ2v) is 15.0. The molecule has 5 heteroatoms. The van der Waals surface area contributed by atoms with Gasteiger partial charge in [-0.1, -0.05) is 50.9 Å². The van der Waals surface area contributed by atoms with Crippen molar-refractivity contribution >= 4 is 23.2 Å². The monoisotopic (exact) mass is 483 g/mol. The standard InChI is InChI=1S/C27H43Cl2NO2/c1-15-13-26(28,29)27(30-14-15)16(2)23-22(32-27)12-21-19-6-5-17-11-18(31)7-9-24(17,3)20(19)8-10-25(21,23)4/h15-23,30-31H,5-14H2,1-4H3/t15-,16-,17-,18-,19+,20-,21-,22-,23-,24-,25-,27-/m0/s1. The van der Waals surface area contributed by atoms with E-state index >= 15 is 0 Å². The quantitative estimate of drug-likeness (QED) is 0.405. The first-order chi connectivity index (χ1) is 15.0. The summed E-state index contributed by atoms with van der Waals surface area (Å²) >= 11 is 14.1. The van der Waals surface area contributed by atoms with Crippen LogP contribution in [0.1, 0.15) is 85.5 Å². The summed E-state index contributed by atoms with van der Waals surface area (Å²) in [5, 5.41) is 14.0. The van der Waals surface area contributed by atoms with Gasteiger partial charge in [-0.05, 0) is 104 Å². The van der Waals surface area contributed by atoms with Gasteiger partial charge in [-0.3, -0.25) is 5.32 Å². The summed E-state index contributed by atoms with van der Waals surface area (Å²) in [4.78, 5) is 0. The first kappa shape index (κ1) is 22.9. The van der Waals surface area contributed by atoms with Crippen molar-refractivity contribution in [2.24, 2.45) is 52.3 Å². The molecule has 2 aliphatic heterocycles. The van der Waals surface area contributed by atoms with Gasteiger partial charge in [-0.25, -0.2) is 0 Å². The molecule has 1 spiro atoms. The molecule has 2 N–H and O–H groups in total. The Kier molecular flexibility index (Phi) is 5.19. The summed E-state index contributed by atoms with van der Waals surface area (Å²) < 4.78 is 6.10. The summed E-state index contributed by atoms with van der Waals surface area (Å²) in [6.45, 7) is 10.7. The molecule has 2 saturated heterocycles. The molecule has 4 saturated carbocycles. The maximum absolute atomic E-state index is 10.3. The average Bonchev–Trinajstić information content (AvgIpc) is 3.17. The zero-order chi connectivity index (χ0) is 22.7. The van der Waals surface area contributed by atoms with Gasteiger partial charge in [0.2, 0.25) is 0 Å². The maximum Gasteiger partial charge on any atom is 0.160 e. The Morgan fingerprint density at radius 1 is 0.938 bits per heavy atom. The predicted octanol–water partition coefficient (Wildman–Crippen LogP) is 6.15. The maximum atomic E-state index is 10.3. The van der Waals surface area contributed by atoms with Crippen LogP contribution in [0.5, 0.6) is 0 Å². The van der Waals surface area contributed by atoms with E-state index in [4.69, 9.17) is 27.9 Å². The largest absolute Gasteiger partial charge is 0.393 e. The second kappa shape index (κ2) is 7.25. The van der Waals surface area contributed by atoms with E-state index in [0.717, 1.165) is 49.5 Å². The third kappa shape index (κ3) is 2.84. The number of alkyl halides is 2. The van der Waals surface area contributed by atoms with Crippen LogP contribution in [-0.4, -0.2) is 33.9 Å². The van der Waals surface area contributed by atoms with Gasteiger partial charge in [0, 0.05) is 12.5 Å². The molecule has 0 radical (unpaired) electrons. The topological polar surface area (TPSA) is 41.5 Å². The number of rotatable bonds is 0. The molecular formula is C27H43Cl2NO2. The Bertz CT molecular complexity index is 777. The number of aliphatic hydroxyl groups excluding tert-OH is 1. The van der Waals surface area contributed by atoms with Crippen LogP contribution in [0.25, 0.3) is 0 Å². The SMILES string of the molecule is C[C@@H]1CN[C@@]2(O[C@H]3C[C@H]4[C@@H]5CC[C@H]6C[C@@H](O)CC[C@]6(C)[C@H]5CC[C@]4(C)[C@H]3[C@@H]2C)C(Cl)(Cl)C1. The molecule has 0 amide bonds. The molecule has 6 aliphatic rings. The number of fused-ring (bicyclic) bond motifs is 7. The zero-order valence-corrected chi connectivity index (χ0v) is 21.9. The van der Waals surface area contributed by atoms with Gasteiger partial charge >= 0.3 is 0 Å². The molecule has 12 atom stereocenters. The molecule has 6 rings (SSSR count). The summed E-state index contributed by atoms with van der Waals surface area (Å²) in [5.74, 6) is 4.43. The summed E-state index contributed by atoms with van der Waals surface area (Å²) in [6, 6.07) is 0. The minimum atomic E-state index is -0.869. The van der Waals surface area contributed by atoms with Gasteiger partial charge in [0.1, 0.15) is 0 Å². The predicted molar refractivity (Wildman–Crippen MR) is 130 cm³/mol. The Morgan fingerprint density at radius 3 is 2.44 bits per heavy atom. The summed E-state index contributed by atoms with van der Waals surface area (Å²) in [7, 11) is 0. The fourth-order valence-electron chi connectivity index (χ4n) is 10.6. The Morgan fingerprint density at radius 2 is 1.69 bits per heavy atom. The van der Waals surface area contributed by atoms with E-state index in [0.29, 0.717) is 28.6 Å². The van der Waals surface area contributed by atoms with Crippen LogP contribution in [-0.2, 0) is 4.74 Å². The third-order valence-electron chi connectivity index (χ3n) is 12.1. The van der Waals surface area contributed by atoms with Gasteiger partial charge in [0.15, 0.2) is 10.1 Å². The van der Waals surface area contributed by atoms with E-state index in [9.17, 15) is 5.11 Å². The molecule has 2 heterocycles. The van der Waals surface area contributed by atoms with Gasteiger partial charge < -0.3 is 9.84 Å². The van der Waals surface area contributed by atoms with Crippen molar-refractivity contribution in [2.45, 2.75) is 108 Å². The van der Waals surface area contributed by atoms with Gasteiger partial charge in [0.05, 0.1) is 12.2 Å². The number of hydrogen-bond donors (Lipinski definition) is 2. The lowest BCUT2D eigenvalue weighted by Gasteiger charge is -2.61. The van der Waals surface area contributed by atoms with Crippen LogP contribution in [0, 0.1) is 52.3 Å².